The number of hydrogen-bond donors (Lipinski definition) is 1. The van der Waals surface area contributed by atoms with Crippen LogP contribution in [0.1, 0.15) is 25.8 Å². The van der Waals surface area contributed by atoms with E-state index < -0.39 is 9.05 Å². The van der Waals surface area contributed by atoms with Crippen LogP contribution in [0.4, 0.5) is 4.79 Å². The molecule has 0 aliphatic carbocycles. The second kappa shape index (κ2) is 8.04. The topological polar surface area (TPSA) is 83.6 Å². The summed E-state index contributed by atoms with van der Waals surface area (Å²) in [5, 5.41) is 2.79. The van der Waals surface area contributed by atoms with Gasteiger partial charge >= 0.3 is 6.03 Å². The number of allylic oxidation sites excluding steroid dienone is 1. The third-order valence-electron chi connectivity index (χ3n) is 4.48. The number of urea groups is 1. The van der Waals surface area contributed by atoms with E-state index in [4.69, 9.17) is 10.7 Å². The van der Waals surface area contributed by atoms with E-state index in [2.05, 4.69) is 5.32 Å². The van der Waals surface area contributed by atoms with Crippen molar-refractivity contribution in [3.05, 3.63) is 35.5 Å². The van der Waals surface area contributed by atoms with E-state index in [0.29, 0.717) is 25.2 Å². The van der Waals surface area contributed by atoms with Crippen molar-refractivity contribution in [3.63, 3.8) is 0 Å². The molecule has 136 valence electrons. The van der Waals surface area contributed by atoms with Gasteiger partial charge in [-0.2, -0.15) is 0 Å². The Morgan fingerprint density at radius 2 is 2.00 bits per heavy atom. The predicted molar refractivity (Wildman–Crippen MR) is 95.4 cm³/mol. The highest BCUT2D eigenvalue weighted by Crippen LogP contribution is 2.33. The largest absolute Gasteiger partial charge is 0.337 e. The summed E-state index contributed by atoms with van der Waals surface area (Å²) in [6, 6.07) is 5.87. The number of likely N-dealkylation sites (tertiary alicyclic amines) is 1. The minimum absolute atomic E-state index is 0.0411. The van der Waals surface area contributed by atoms with Crippen LogP contribution in [0.15, 0.2) is 34.9 Å². The number of amides is 2. The molecule has 1 aromatic carbocycles. The normalized spacial score (nSPS) is 20.4. The molecule has 1 N–H and O–H groups in total. The Kier molecular flexibility index (Phi) is 6.27. The standard InChI is InChI=1S/C17H21ClN2O4S/c1-3-15-12(2)10-20(16(15)11-21)17(22)19-9-8-13-4-6-14(7-5-13)25(18,23)24/h4-7,12,15H,3,8-10H2,1-2H3,(H,19,22). The van der Waals surface area contributed by atoms with Crippen molar-refractivity contribution in [1.29, 1.82) is 0 Å². The van der Waals surface area contributed by atoms with Gasteiger partial charge in [0, 0.05) is 29.7 Å². The maximum atomic E-state index is 12.3. The fourth-order valence-electron chi connectivity index (χ4n) is 3.13. The average Bonchev–Trinajstić information content (AvgIpc) is 2.90. The molecule has 0 bridgehead atoms. The number of carbonyl (C=O) groups excluding carboxylic acids is 2. The molecule has 25 heavy (non-hydrogen) atoms. The molecule has 1 aliphatic rings. The van der Waals surface area contributed by atoms with Gasteiger partial charge < -0.3 is 5.32 Å². The Morgan fingerprint density at radius 3 is 2.52 bits per heavy atom. The van der Waals surface area contributed by atoms with E-state index in [1.807, 2.05) is 19.8 Å². The first-order valence-corrected chi connectivity index (χ1v) is 10.4. The van der Waals surface area contributed by atoms with Crippen LogP contribution in [-0.2, 0) is 20.3 Å². The monoisotopic (exact) mass is 384 g/mol. The van der Waals surface area contributed by atoms with Crippen molar-refractivity contribution in [1.82, 2.24) is 10.2 Å². The zero-order valence-corrected chi connectivity index (χ0v) is 15.7. The highest BCUT2D eigenvalue weighted by atomic mass is 35.7. The van der Waals surface area contributed by atoms with E-state index in [9.17, 15) is 18.0 Å². The zero-order valence-electron chi connectivity index (χ0n) is 14.2. The number of hydrogen-bond acceptors (Lipinski definition) is 4. The number of rotatable bonds is 5. The second-order valence-corrected chi connectivity index (χ2v) is 8.72. The zero-order chi connectivity index (χ0) is 18.6. The molecule has 1 saturated heterocycles. The smallest absolute Gasteiger partial charge is 0.322 e. The summed E-state index contributed by atoms with van der Waals surface area (Å²) < 4.78 is 22.4. The quantitative estimate of drug-likeness (QED) is 0.624. The van der Waals surface area contributed by atoms with Crippen LogP contribution in [-0.4, -0.2) is 38.4 Å². The van der Waals surface area contributed by atoms with Crippen LogP contribution < -0.4 is 5.32 Å². The van der Waals surface area contributed by atoms with Gasteiger partial charge in [0.2, 0.25) is 0 Å². The lowest BCUT2D eigenvalue weighted by atomic mass is 9.93. The number of nitrogens with one attached hydrogen (secondary N) is 1. The van der Waals surface area contributed by atoms with Gasteiger partial charge in [-0.1, -0.05) is 26.0 Å². The highest BCUT2D eigenvalue weighted by molar-refractivity contribution is 8.13. The lowest BCUT2D eigenvalue weighted by Gasteiger charge is -2.17. The van der Waals surface area contributed by atoms with E-state index >= 15 is 0 Å². The van der Waals surface area contributed by atoms with Gasteiger partial charge in [-0.3, -0.25) is 4.90 Å². The molecule has 0 radical (unpaired) electrons. The summed E-state index contributed by atoms with van der Waals surface area (Å²) in [5.41, 5.74) is 1.29. The van der Waals surface area contributed by atoms with Crippen molar-refractivity contribution in [2.45, 2.75) is 31.6 Å². The molecule has 1 aromatic rings. The lowest BCUT2D eigenvalue weighted by molar-refractivity contribution is 0.215. The van der Waals surface area contributed by atoms with Gasteiger partial charge in [0.15, 0.2) is 0 Å². The van der Waals surface area contributed by atoms with Gasteiger partial charge in [0.25, 0.3) is 9.05 Å². The first kappa shape index (κ1) is 19.5. The van der Waals surface area contributed by atoms with Crippen molar-refractivity contribution < 1.29 is 18.0 Å². The van der Waals surface area contributed by atoms with Crippen LogP contribution in [0.2, 0.25) is 0 Å². The average molecular weight is 385 g/mol. The summed E-state index contributed by atoms with van der Waals surface area (Å²) >= 11 is 0. The Labute approximate surface area is 152 Å². The molecule has 8 heteroatoms. The molecule has 6 nitrogen and oxygen atoms in total. The fraction of sp³-hybridized carbons (Fsp3) is 0.471. The molecule has 2 rings (SSSR count). The predicted octanol–water partition coefficient (Wildman–Crippen LogP) is 2.56. The van der Waals surface area contributed by atoms with Crippen molar-refractivity contribution in [2.24, 2.45) is 11.8 Å². The molecule has 1 heterocycles. The molecule has 1 fully saturated rings. The van der Waals surface area contributed by atoms with Gasteiger partial charge in [-0.25, -0.2) is 18.0 Å². The first-order chi connectivity index (χ1) is 11.8. The van der Waals surface area contributed by atoms with Crippen LogP contribution >= 0.6 is 10.7 Å². The maximum Gasteiger partial charge on any atom is 0.322 e. The molecule has 0 spiro atoms. The van der Waals surface area contributed by atoms with E-state index in [0.717, 1.165) is 12.0 Å². The Balaban J connectivity index is 1.91. The molecular weight excluding hydrogens is 364 g/mol. The van der Waals surface area contributed by atoms with Gasteiger partial charge in [0.1, 0.15) is 11.6 Å². The second-order valence-electron chi connectivity index (χ2n) is 6.15. The summed E-state index contributed by atoms with van der Waals surface area (Å²) in [6.45, 7) is 4.90. The lowest BCUT2D eigenvalue weighted by Crippen LogP contribution is -2.38. The first-order valence-electron chi connectivity index (χ1n) is 8.11. The van der Waals surface area contributed by atoms with E-state index in [1.165, 1.54) is 17.0 Å². The van der Waals surface area contributed by atoms with Crippen LogP contribution in [0.3, 0.4) is 0 Å². The van der Waals surface area contributed by atoms with E-state index in [-0.39, 0.29) is 22.8 Å². The molecule has 0 saturated carbocycles. The molecule has 2 unspecified atom stereocenters. The SMILES string of the molecule is CCC1C(=C=O)N(C(=O)NCCc2ccc(S(=O)(=O)Cl)cc2)CC1C. The number of carbonyl (C=O) groups is 1. The van der Waals surface area contributed by atoms with Gasteiger partial charge in [0.05, 0.1) is 4.90 Å². The van der Waals surface area contributed by atoms with Crippen LogP contribution in [0.25, 0.3) is 0 Å². The minimum Gasteiger partial charge on any atom is -0.337 e. The highest BCUT2D eigenvalue weighted by Gasteiger charge is 2.37. The fourth-order valence-corrected chi connectivity index (χ4v) is 3.90. The molecule has 2 amide bonds. The van der Waals surface area contributed by atoms with Gasteiger partial charge in [-0.15, -0.1) is 0 Å². The Morgan fingerprint density at radius 1 is 1.36 bits per heavy atom. The van der Waals surface area contributed by atoms with Crippen molar-refractivity contribution in [3.8, 4) is 0 Å². The van der Waals surface area contributed by atoms with Gasteiger partial charge in [-0.05, 0) is 36.5 Å². The van der Waals surface area contributed by atoms with E-state index in [1.54, 1.807) is 12.1 Å². The molecular formula is C17H21ClN2O4S. The Bertz CT molecular complexity index is 785. The third-order valence-corrected chi connectivity index (χ3v) is 5.85. The summed E-state index contributed by atoms with van der Waals surface area (Å²) in [6.07, 6.45) is 1.33. The molecule has 2 atom stereocenters. The molecule has 1 aliphatic heterocycles. The van der Waals surface area contributed by atoms with Crippen molar-refractivity contribution in [2.75, 3.05) is 13.1 Å². The minimum atomic E-state index is -3.73. The summed E-state index contributed by atoms with van der Waals surface area (Å²) in [4.78, 5) is 25.0. The van der Waals surface area contributed by atoms with Crippen molar-refractivity contribution >= 4 is 31.7 Å². The number of nitrogens with zero attached hydrogens (tertiary/aromatic N) is 1. The molecule has 0 aromatic heterocycles. The van der Waals surface area contributed by atoms with Crippen LogP contribution in [0.5, 0.6) is 0 Å². The third kappa shape index (κ3) is 4.63. The maximum absolute atomic E-state index is 12.3. The Hall–Kier alpha value is -1.82. The number of benzene rings is 1. The number of halogens is 1. The van der Waals surface area contributed by atoms with Crippen LogP contribution in [0, 0.1) is 11.8 Å². The summed E-state index contributed by atoms with van der Waals surface area (Å²) in [7, 11) is 1.54. The summed E-state index contributed by atoms with van der Waals surface area (Å²) in [5.74, 6) is 2.21.